The van der Waals surface area contributed by atoms with Crippen LogP contribution in [0.3, 0.4) is 0 Å². The highest BCUT2D eigenvalue weighted by Gasteiger charge is 2.04. The third-order valence-electron chi connectivity index (χ3n) is 1.49. The molecule has 0 aliphatic heterocycles. The summed E-state index contributed by atoms with van der Waals surface area (Å²) in [5, 5.41) is 0.558. The van der Waals surface area contributed by atoms with Crippen LogP contribution in [-0.4, -0.2) is 10.8 Å². The lowest BCUT2D eigenvalue weighted by Crippen LogP contribution is -2.00. The minimum Gasteiger partial charge on any atom is -0.292 e. The Bertz CT molecular complexity index is 268. The van der Waals surface area contributed by atoms with Gasteiger partial charge in [0.15, 0.2) is 5.78 Å². The molecule has 1 aromatic rings. The number of hydrogen-bond donors (Lipinski definition) is 0. The number of rotatable bonds is 3. The molecule has 0 aliphatic rings. The SMILES string of the molecule is CCCC(=O)c1ccc(Cl)cn1. The zero-order valence-corrected chi connectivity index (χ0v) is 7.64. The summed E-state index contributed by atoms with van der Waals surface area (Å²) in [7, 11) is 0. The van der Waals surface area contributed by atoms with Gasteiger partial charge in [0.2, 0.25) is 0 Å². The van der Waals surface area contributed by atoms with E-state index in [1.807, 2.05) is 6.92 Å². The van der Waals surface area contributed by atoms with Gasteiger partial charge < -0.3 is 0 Å². The van der Waals surface area contributed by atoms with Gasteiger partial charge in [-0.15, -0.1) is 0 Å². The molecule has 1 heterocycles. The van der Waals surface area contributed by atoms with Crippen molar-refractivity contribution in [3.05, 3.63) is 29.0 Å². The van der Waals surface area contributed by atoms with Gasteiger partial charge in [-0.2, -0.15) is 0 Å². The van der Waals surface area contributed by atoms with Gasteiger partial charge in [-0.05, 0) is 18.6 Å². The number of ketones is 1. The molecule has 0 amide bonds. The van der Waals surface area contributed by atoms with Crippen LogP contribution >= 0.6 is 11.6 Å². The molecule has 0 fully saturated rings. The maximum absolute atomic E-state index is 11.3. The summed E-state index contributed by atoms with van der Waals surface area (Å²) in [5.41, 5.74) is 0.501. The molecule has 0 spiro atoms. The average molecular weight is 184 g/mol. The van der Waals surface area contributed by atoms with Gasteiger partial charge in [-0.3, -0.25) is 9.78 Å². The average Bonchev–Trinajstić information content (AvgIpc) is 2.06. The van der Waals surface area contributed by atoms with Gasteiger partial charge in [-0.1, -0.05) is 18.5 Å². The molecule has 2 nitrogen and oxygen atoms in total. The molecule has 0 bridgehead atoms. The van der Waals surface area contributed by atoms with E-state index in [0.29, 0.717) is 17.1 Å². The molecule has 1 aromatic heterocycles. The molecule has 1 rings (SSSR count). The van der Waals surface area contributed by atoms with E-state index in [-0.39, 0.29) is 5.78 Å². The molecule has 12 heavy (non-hydrogen) atoms. The number of carbonyl (C=O) groups is 1. The summed E-state index contributed by atoms with van der Waals surface area (Å²) in [4.78, 5) is 15.2. The first-order valence-electron chi connectivity index (χ1n) is 3.88. The number of Topliss-reactive ketones (excluding diaryl/α,β-unsaturated/α-hetero) is 1. The number of nitrogens with zero attached hydrogens (tertiary/aromatic N) is 1. The van der Waals surface area contributed by atoms with Gasteiger partial charge in [-0.25, -0.2) is 0 Å². The van der Waals surface area contributed by atoms with Crippen LogP contribution in [0.15, 0.2) is 18.3 Å². The second-order valence-electron chi connectivity index (χ2n) is 2.53. The topological polar surface area (TPSA) is 30.0 Å². The molecule has 0 N–H and O–H groups in total. The second-order valence-corrected chi connectivity index (χ2v) is 2.97. The van der Waals surface area contributed by atoms with Gasteiger partial charge >= 0.3 is 0 Å². The van der Waals surface area contributed by atoms with Crippen LogP contribution in [0.25, 0.3) is 0 Å². The molecule has 0 aromatic carbocycles. The fourth-order valence-electron chi connectivity index (χ4n) is 0.896. The first-order valence-corrected chi connectivity index (χ1v) is 4.26. The van der Waals surface area contributed by atoms with Gasteiger partial charge in [0.25, 0.3) is 0 Å². The molecule has 3 heteroatoms. The first-order chi connectivity index (χ1) is 5.74. The van der Waals surface area contributed by atoms with Crippen LogP contribution in [0.2, 0.25) is 5.02 Å². The molecular weight excluding hydrogens is 174 g/mol. The van der Waals surface area contributed by atoms with Crippen LogP contribution in [0.1, 0.15) is 30.3 Å². The van der Waals surface area contributed by atoms with E-state index in [9.17, 15) is 4.79 Å². The molecule has 0 atom stereocenters. The number of pyridine rings is 1. The van der Waals surface area contributed by atoms with Gasteiger partial charge in [0.1, 0.15) is 5.69 Å². The Hall–Kier alpha value is -0.890. The molecule has 64 valence electrons. The van der Waals surface area contributed by atoms with E-state index in [1.165, 1.54) is 6.20 Å². The second kappa shape index (κ2) is 4.21. The number of carbonyl (C=O) groups excluding carboxylic acids is 1. The third kappa shape index (κ3) is 2.31. The predicted molar refractivity (Wildman–Crippen MR) is 48.5 cm³/mol. The fourth-order valence-corrected chi connectivity index (χ4v) is 1.01. The maximum atomic E-state index is 11.3. The van der Waals surface area contributed by atoms with Crippen molar-refractivity contribution in [3.8, 4) is 0 Å². The molecular formula is C9H10ClNO. The maximum Gasteiger partial charge on any atom is 0.181 e. The van der Waals surface area contributed by atoms with E-state index < -0.39 is 0 Å². The Morgan fingerprint density at radius 2 is 2.33 bits per heavy atom. The lowest BCUT2D eigenvalue weighted by Gasteiger charge is -1.96. The Labute approximate surface area is 76.6 Å². The van der Waals surface area contributed by atoms with E-state index in [4.69, 9.17) is 11.6 Å². The van der Waals surface area contributed by atoms with Crippen molar-refractivity contribution in [2.45, 2.75) is 19.8 Å². The smallest absolute Gasteiger partial charge is 0.181 e. The lowest BCUT2D eigenvalue weighted by atomic mass is 10.2. The van der Waals surface area contributed by atoms with Gasteiger partial charge in [0, 0.05) is 12.6 Å². The number of aromatic nitrogens is 1. The van der Waals surface area contributed by atoms with Crippen molar-refractivity contribution < 1.29 is 4.79 Å². The Kier molecular flexibility index (Phi) is 3.23. The third-order valence-corrected chi connectivity index (χ3v) is 1.71. The summed E-state index contributed by atoms with van der Waals surface area (Å²) in [6.45, 7) is 1.97. The highest BCUT2D eigenvalue weighted by Crippen LogP contribution is 2.08. The van der Waals surface area contributed by atoms with Crippen molar-refractivity contribution in [2.75, 3.05) is 0 Å². The summed E-state index contributed by atoms with van der Waals surface area (Å²) in [6, 6.07) is 3.33. The van der Waals surface area contributed by atoms with E-state index in [0.717, 1.165) is 6.42 Å². The molecule has 0 aliphatic carbocycles. The minimum atomic E-state index is 0.0779. The first kappa shape index (κ1) is 9.20. The van der Waals surface area contributed by atoms with Crippen LogP contribution in [-0.2, 0) is 0 Å². The van der Waals surface area contributed by atoms with E-state index in [1.54, 1.807) is 12.1 Å². The van der Waals surface area contributed by atoms with Crippen molar-refractivity contribution in [3.63, 3.8) is 0 Å². The summed E-state index contributed by atoms with van der Waals surface area (Å²) >= 11 is 5.62. The molecule has 0 radical (unpaired) electrons. The van der Waals surface area contributed by atoms with E-state index >= 15 is 0 Å². The lowest BCUT2D eigenvalue weighted by molar-refractivity contribution is 0.0977. The standard InChI is InChI=1S/C9H10ClNO/c1-2-3-9(12)8-5-4-7(10)6-11-8/h4-6H,2-3H2,1H3. The predicted octanol–water partition coefficient (Wildman–Crippen LogP) is 2.72. The van der Waals surface area contributed by atoms with Crippen LogP contribution in [0.4, 0.5) is 0 Å². The number of halogens is 1. The van der Waals surface area contributed by atoms with E-state index in [2.05, 4.69) is 4.98 Å². The van der Waals surface area contributed by atoms with Crippen molar-refractivity contribution in [1.29, 1.82) is 0 Å². The fraction of sp³-hybridized carbons (Fsp3) is 0.333. The largest absolute Gasteiger partial charge is 0.292 e. The molecule has 0 unspecified atom stereocenters. The highest BCUT2D eigenvalue weighted by atomic mass is 35.5. The molecule has 0 saturated carbocycles. The summed E-state index contributed by atoms with van der Waals surface area (Å²) < 4.78 is 0. The van der Waals surface area contributed by atoms with Crippen molar-refractivity contribution in [1.82, 2.24) is 4.98 Å². The van der Waals surface area contributed by atoms with Crippen LogP contribution in [0.5, 0.6) is 0 Å². The normalized spacial score (nSPS) is 9.83. The minimum absolute atomic E-state index is 0.0779. The Morgan fingerprint density at radius 1 is 1.58 bits per heavy atom. The Balaban J connectivity index is 2.75. The molecule has 0 saturated heterocycles. The monoisotopic (exact) mass is 183 g/mol. The Morgan fingerprint density at radius 3 is 2.83 bits per heavy atom. The van der Waals surface area contributed by atoms with Crippen molar-refractivity contribution >= 4 is 17.4 Å². The summed E-state index contributed by atoms with van der Waals surface area (Å²) in [6.07, 6.45) is 2.89. The highest BCUT2D eigenvalue weighted by molar-refractivity contribution is 6.30. The zero-order chi connectivity index (χ0) is 8.97. The van der Waals surface area contributed by atoms with Gasteiger partial charge in [0.05, 0.1) is 5.02 Å². The summed E-state index contributed by atoms with van der Waals surface area (Å²) in [5.74, 6) is 0.0779. The van der Waals surface area contributed by atoms with Crippen LogP contribution < -0.4 is 0 Å². The quantitative estimate of drug-likeness (QED) is 0.675. The van der Waals surface area contributed by atoms with Crippen molar-refractivity contribution in [2.24, 2.45) is 0 Å². The number of hydrogen-bond acceptors (Lipinski definition) is 2. The zero-order valence-electron chi connectivity index (χ0n) is 6.88. The van der Waals surface area contributed by atoms with Crippen LogP contribution in [0, 0.1) is 0 Å².